The second-order valence-electron chi connectivity index (χ2n) is 7.15. The molecule has 164 valence electrons. The van der Waals surface area contributed by atoms with E-state index in [0.29, 0.717) is 33.3 Å². The van der Waals surface area contributed by atoms with Crippen LogP contribution in [-0.4, -0.2) is 25.3 Å². The van der Waals surface area contributed by atoms with Gasteiger partial charge >= 0.3 is 0 Å². The predicted octanol–water partition coefficient (Wildman–Crippen LogP) is 3.99. The Kier molecular flexibility index (Phi) is 5.77. The van der Waals surface area contributed by atoms with Crippen molar-refractivity contribution in [3.05, 3.63) is 77.3 Å². The summed E-state index contributed by atoms with van der Waals surface area (Å²) in [6.07, 6.45) is -0.373. The summed E-state index contributed by atoms with van der Waals surface area (Å²) in [6, 6.07) is 17.2. The molecule has 0 saturated carbocycles. The first kappa shape index (κ1) is 21.7. The first-order valence-electron chi connectivity index (χ1n) is 9.52. The van der Waals surface area contributed by atoms with Crippen molar-refractivity contribution in [1.29, 1.82) is 0 Å². The molecule has 1 heterocycles. The van der Waals surface area contributed by atoms with Crippen LogP contribution in [0.4, 0.5) is 22.7 Å². The summed E-state index contributed by atoms with van der Waals surface area (Å²) in [7, 11) is -3.72. The number of halogens is 1. The highest BCUT2D eigenvalue weighted by Crippen LogP contribution is 2.37. The van der Waals surface area contributed by atoms with Crippen LogP contribution in [-0.2, 0) is 25.4 Å². The lowest BCUT2D eigenvalue weighted by Crippen LogP contribution is -2.26. The molecule has 0 radical (unpaired) electrons. The van der Waals surface area contributed by atoms with Crippen LogP contribution in [0.15, 0.2) is 66.7 Å². The maximum Gasteiger partial charge on any atom is 0.241 e. The van der Waals surface area contributed by atoms with Gasteiger partial charge in [0.15, 0.2) is 0 Å². The van der Waals surface area contributed by atoms with E-state index in [0.717, 1.165) is 0 Å². The molecule has 3 aromatic carbocycles. The molecule has 0 aliphatic carbocycles. The molecule has 10 heteroatoms. The molecule has 1 aliphatic rings. The van der Waals surface area contributed by atoms with E-state index in [1.165, 1.54) is 35.2 Å². The zero-order valence-corrected chi connectivity index (χ0v) is 18.2. The number of amides is 2. The van der Waals surface area contributed by atoms with Gasteiger partial charge in [-0.3, -0.25) is 19.2 Å². The highest BCUT2D eigenvalue weighted by molar-refractivity contribution is 7.91. The van der Waals surface area contributed by atoms with E-state index in [1.54, 1.807) is 36.4 Å². The number of anilines is 4. The number of phenols is 1. The van der Waals surface area contributed by atoms with Crippen LogP contribution >= 0.6 is 11.6 Å². The van der Waals surface area contributed by atoms with Gasteiger partial charge in [-0.15, -0.1) is 0 Å². The second kappa shape index (κ2) is 8.52. The number of hydrogen-bond acceptors (Lipinski definition) is 5. The summed E-state index contributed by atoms with van der Waals surface area (Å²) in [5.41, 5.74) is 1.91. The van der Waals surface area contributed by atoms with Crippen LogP contribution < -0.4 is 14.9 Å². The van der Waals surface area contributed by atoms with Crippen LogP contribution in [0.25, 0.3) is 0 Å². The fraction of sp³-hybridized carbons (Fsp3) is 0.0909. The van der Waals surface area contributed by atoms with E-state index < -0.39 is 21.8 Å². The SMILES string of the molecule is O=C1CC(=O)N(c2ccc(NS(=O)(=O)Cc3ccccc3Cl)cc2)c2ccc(O)cc2N1. The molecule has 3 N–H and O–H groups in total. The number of carbonyl (C=O) groups is 2. The van der Waals surface area contributed by atoms with Gasteiger partial charge in [-0.05, 0) is 48.0 Å². The predicted molar refractivity (Wildman–Crippen MR) is 123 cm³/mol. The van der Waals surface area contributed by atoms with Gasteiger partial charge in [-0.25, -0.2) is 8.42 Å². The average molecular weight is 472 g/mol. The minimum absolute atomic E-state index is 0.0541. The van der Waals surface area contributed by atoms with Crippen molar-refractivity contribution in [2.45, 2.75) is 12.2 Å². The molecule has 2 amide bonds. The van der Waals surface area contributed by atoms with Crippen molar-refractivity contribution >= 4 is 56.2 Å². The fourth-order valence-electron chi connectivity index (χ4n) is 3.36. The lowest BCUT2D eigenvalue weighted by molar-refractivity contribution is -0.124. The standard InChI is InChI=1S/C22H18ClN3O5S/c23-18-4-2-1-3-14(18)13-32(30,31)25-15-5-7-16(8-6-15)26-20-10-9-17(27)11-19(20)24-21(28)12-22(26)29/h1-11,25,27H,12-13H2,(H,24,28). The molecule has 0 aromatic heterocycles. The van der Waals surface area contributed by atoms with E-state index in [-0.39, 0.29) is 17.9 Å². The van der Waals surface area contributed by atoms with Gasteiger partial charge < -0.3 is 10.4 Å². The molecule has 4 rings (SSSR count). The fourth-order valence-corrected chi connectivity index (χ4v) is 4.87. The summed E-state index contributed by atoms with van der Waals surface area (Å²) in [5.74, 6) is -1.29. The van der Waals surface area contributed by atoms with Crippen molar-refractivity contribution in [3.63, 3.8) is 0 Å². The summed E-state index contributed by atoms with van der Waals surface area (Å²) in [5, 5.41) is 12.7. The summed E-state index contributed by atoms with van der Waals surface area (Å²) < 4.78 is 27.6. The van der Waals surface area contributed by atoms with E-state index >= 15 is 0 Å². The van der Waals surface area contributed by atoms with E-state index in [2.05, 4.69) is 10.0 Å². The minimum Gasteiger partial charge on any atom is -0.508 e. The van der Waals surface area contributed by atoms with Crippen molar-refractivity contribution in [2.75, 3.05) is 14.9 Å². The lowest BCUT2D eigenvalue weighted by atomic mass is 10.2. The first-order chi connectivity index (χ1) is 15.2. The number of sulfonamides is 1. The normalized spacial score (nSPS) is 13.8. The number of hydrogen-bond donors (Lipinski definition) is 3. The Morgan fingerprint density at radius 3 is 2.47 bits per heavy atom. The van der Waals surface area contributed by atoms with Gasteiger partial charge in [0.05, 0.1) is 17.1 Å². The average Bonchev–Trinajstić information content (AvgIpc) is 2.84. The monoisotopic (exact) mass is 471 g/mol. The lowest BCUT2D eigenvalue weighted by Gasteiger charge is -2.23. The summed E-state index contributed by atoms with van der Waals surface area (Å²) >= 11 is 6.05. The zero-order valence-electron chi connectivity index (χ0n) is 16.6. The molecule has 0 fully saturated rings. The van der Waals surface area contributed by atoms with Gasteiger partial charge in [0.25, 0.3) is 0 Å². The Balaban J connectivity index is 1.59. The maximum absolute atomic E-state index is 12.7. The highest BCUT2D eigenvalue weighted by Gasteiger charge is 2.28. The van der Waals surface area contributed by atoms with Crippen LogP contribution in [0.1, 0.15) is 12.0 Å². The molecule has 32 heavy (non-hydrogen) atoms. The Morgan fingerprint density at radius 1 is 1.03 bits per heavy atom. The third kappa shape index (κ3) is 4.68. The van der Waals surface area contributed by atoms with Gasteiger partial charge in [0, 0.05) is 22.5 Å². The number of aromatic hydroxyl groups is 1. The number of carbonyl (C=O) groups excluding carboxylic acids is 2. The molecule has 0 spiro atoms. The number of rotatable bonds is 5. The van der Waals surface area contributed by atoms with E-state index in [4.69, 9.17) is 11.6 Å². The molecule has 0 unspecified atom stereocenters. The van der Waals surface area contributed by atoms with Gasteiger partial charge in [0.1, 0.15) is 12.2 Å². The van der Waals surface area contributed by atoms with Gasteiger partial charge in [0.2, 0.25) is 21.8 Å². The Labute approximate surface area is 189 Å². The topological polar surface area (TPSA) is 116 Å². The molecule has 8 nitrogen and oxygen atoms in total. The molecular formula is C22H18ClN3O5S. The number of fused-ring (bicyclic) bond motifs is 1. The first-order valence-corrected chi connectivity index (χ1v) is 11.5. The molecule has 0 bridgehead atoms. The van der Waals surface area contributed by atoms with E-state index in [9.17, 15) is 23.1 Å². The van der Waals surface area contributed by atoms with E-state index in [1.807, 2.05) is 0 Å². The van der Waals surface area contributed by atoms with Crippen molar-refractivity contribution < 1.29 is 23.1 Å². The quantitative estimate of drug-likeness (QED) is 0.486. The molecular weight excluding hydrogens is 454 g/mol. The Morgan fingerprint density at radius 2 is 1.75 bits per heavy atom. The third-order valence-electron chi connectivity index (χ3n) is 4.76. The summed E-state index contributed by atoms with van der Waals surface area (Å²) in [4.78, 5) is 26.0. The number of phenolic OH excluding ortho intramolecular Hbond substituents is 1. The minimum atomic E-state index is -3.72. The third-order valence-corrected chi connectivity index (χ3v) is 6.37. The zero-order chi connectivity index (χ0) is 22.9. The number of nitrogens with one attached hydrogen (secondary N) is 2. The van der Waals surface area contributed by atoms with Gasteiger partial charge in [-0.1, -0.05) is 29.8 Å². The number of nitrogens with zero attached hydrogens (tertiary/aromatic N) is 1. The van der Waals surface area contributed by atoms with Crippen molar-refractivity contribution in [1.82, 2.24) is 0 Å². The molecule has 3 aromatic rings. The Bertz CT molecular complexity index is 1310. The largest absolute Gasteiger partial charge is 0.508 e. The molecule has 0 saturated heterocycles. The number of benzene rings is 3. The molecule has 1 aliphatic heterocycles. The van der Waals surface area contributed by atoms with Crippen LogP contribution in [0.3, 0.4) is 0 Å². The van der Waals surface area contributed by atoms with Crippen LogP contribution in [0.2, 0.25) is 5.02 Å². The van der Waals surface area contributed by atoms with Crippen molar-refractivity contribution in [2.24, 2.45) is 0 Å². The highest BCUT2D eigenvalue weighted by atomic mass is 35.5. The smallest absolute Gasteiger partial charge is 0.241 e. The Hall–Kier alpha value is -3.56. The van der Waals surface area contributed by atoms with Crippen molar-refractivity contribution in [3.8, 4) is 5.75 Å². The summed E-state index contributed by atoms with van der Waals surface area (Å²) in [6.45, 7) is 0. The maximum atomic E-state index is 12.7. The molecule has 0 atom stereocenters. The van der Waals surface area contributed by atoms with Crippen LogP contribution in [0, 0.1) is 0 Å². The van der Waals surface area contributed by atoms with Crippen LogP contribution in [0.5, 0.6) is 5.75 Å². The second-order valence-corrected chi connectivity index (χ2v) is 9.28. The van der Waals surface area contributed by atoms with Gasteiger partial charge in [-0.2, -0.15) is 0 Å².